The van der Waals surface area contributed by atoms with Crippen molar-refractivity contribution in [3.63, 3.8) is 0 Å². The highest BCUT2D eigenvalue weighted by Crippen LogP contribution is 2.24. The lowest BCUT2D eigenvalue weighted by molar-refractivity contribution is 0.0950. The number of carbonyl (C=O) groups excluding carboxylic acids is 1. The highest BCUT2D eigenvalue weighted by atomic mass is 79.9. The number of phenolic OH excluding ortho intramolecular Hbond substituents is 1. The van der Waals surface area contributed by atoms with Gasteiger partial charge >= 0.3 is 0 Å². The summed E-state index contributed by atoms with van der Waals surface area (Å²) in [6.45, 7) is 0.469. The molecule has 2 N–H and O–H groups in total. The number of hydrogen-bond donors (Lipinski definition) is 2. The summed E-state index contributed by atoms with van der Waals surface area (Å²) in [7, 11) is 0. The maximum atomic E-state index is 11.8. The van der Waals surface area contributed by atoms with Gasteiger partial charge in [0.25, 0.3) is 5.91 Å². The predicted octanol–water partition coefficient (Wildman–Crippen LogP) is 3.08. The lowest BCUT2D eigenvalue weighted by atomic mass is 10.2. The van der Waals surface area contributed by atoms with Crippen molar-refractivity contribution in [3.05, 3.63) is 64.1 Å². The van der Waals surface area contributed by atoms with Crippen molar-refractivity contribution in [2.75, 3.05) is 0 Å². The minimum Gasteiger partial charge on any atom is -0.507 e. The molecule has 4 heteroatoms. The van der Waals surface area contributed by atoms with Crippen LogP contribution >= 0.6 is 15.9 Å². The SMILES string of the molecule is O=C(NCc1ccccc1)c1ccc(Br)c(O)c1. The van der Waals surface area contributed by atoms with Gasteiger partial charge in [-0.1, -0.05) is 30.3 Å². The fourth-order valence-electron chi connectivity index (χ4n) is 1.53. The monoisotopic (exact) mass is 305 g/mol. The zero-order valence-corrected chi connectivity index (χ0v) is 11.1. The summed E-state index contributed by atoms with van der Waals surface area (Å²) in [5.74, 6) is -0.149. The number of phenols is 1. The van der Waals surface area contributed by atoms with Gasteiger partial charge in [-0.15, -0.1) is 0 Å². The van der Waals surface area contributed by atoms with Crippen molar-refractivity contribution in [2.45, 2.75) is 6.54 Å². The van der Waals surface area contributed by atoms with E-state index >= 15 is 0 Å². The zero-order valence-electron chi connectivity index (χ0n) is 9.56. The number of rotatable bonds is 3. The van der Waals surface area contributed by atoms with E-state index in [-0.39, 0.29) is 11.7 Å². The number of nitrogens with one attached hydrogen (secondary N) is 1. The molecule has 2 rings (SSSR count). The third-order valence-corrected chi connectivity index (χ3v) is 3.17. The zero-order chi connectivity index (χ0) is 13.0. The molecule has 2 aromatic rings. The number of halogens is 1. The van der Waals surface area contributed by atoms with Gasteiger partial charge in [-0.2, -0.15) is 0 Å². The summed E-state index contributed by atoms with van der Waals surface area (Å²) < 4.78 is 0.571. The Labute approximate surface area is 114 Å². The van der Waals surface area contributed by atoms with Gasteiger partial charge < -0.3 is 10.4 Å². The van der Waals surface area contributed by atoms with Gasteiger partial charge in [0.15, 0.2) is 0 Å². The van der Waals surface area contributed by atoms with Crippen molar-refractivity contribution >= 4 is 21.8 Å². The van der Waals surface area contributed by atoms with Gasteiger partial charge in [0.2, 0.25) is 0 Å². The van der Waals surface area contributed by atoms with Crippen LogP contribution in [-0.2, 0) is 6.54 Å². The molecule has 0 aliphatic heterocycles. The second-order valence-electron chi connectivity index (χ2n) is 3.83. The van der Waals surface area contributed by atoms with Crippen molar-refractivity contribution in [3.8, 4) is 5.75 Å². The quantitative estimate of drug-likeness (QED) is 0.915. The molecule has 3 nitrogen and oxygen atoms in total. The van der Waals surface area contributed by atoms with E-state index in [1.165, 1.54) is 6.07 Å². The van der Waals surface area contributed by atoms with E-state index in [1.54, 1.807) is 12.1 Å². The number of carbonyl (C=O) groups is 1. The van der Waals surface area contributed by atoms with Gasteiger partial charge in [-0.25, -0.2) is 0 Å². The number of benzene rings is 2. The van der Waals surface area contributed by atoms with Crippen LogP contribution in [0.15, 0.2) is 53.0 Å². The Bertz CT molecular complexity index is 555. The fraction of sp³-hybridized carbons (Fsp3) is 0.0714. The third-order valence-electron chi connectivity index (χ3n) is 2.50. The predicted molar refractivity (Wildman–Crippen MR) is 73.4 cm³/mol. The van der Waals surface area contributed by atoms with Crippen LogP contribution in [0.25, 0.3) is 0 Å². The second-order valence-corrected chi connectivity index (χ2v) is 4.69. The highest BCUT2D eigenvalue weighted by Gasteiger charge is 2.07. The second kappa shape index (κ2) is 5.69. The summed E-state index contributed by atoms with van der Waals surface area (Å²) >= 11 is 3.17. The van der Waals surface area contributed by atoms with Crippen LogP contribution in [-0.4, -0.2) is 11.0 Å². The van der Waals surface area contributed by atoms with Crippen molar-refractivity contribution < 1.29 is 9.90 Å². The van der Waals surface area contributed by atoms with Gasteiger partial charge in [0, 0.05) is 12.1 Å². The van der Waals surface area contributed by atoms with E-state index < -0.39 is 0 Å². The minimum absolute atomic E-state index is 0.0577. The average Bonchev–Trinajstić information content (AvgIpc) is 2.40. The Morgan fingerprint density at radius 3 is 2.56 bits per heavy atom. The van der Waals surface area contributed by atoms with Crippen molar-refractivity contribution in [2.24, 2.45) is 0 Å². The van der Waals surface area contributed by atoms with Crippen LogP contribution in [0.1, 0.15) is 15.9 Å². The molecule has 2 aromatic carbocycles. The third kappa shape index (κ3) is 3.11. The first-order valence-corrected chi connectivity index (χ1v) is 6.27. The molecule has 0 saturated carbocycles. The lowest BCUT2D eigenvalue weighted by Gasteiger charge is -2.06. The molecule has 0 fully saturated rings. The molecule has 18 heavy (non-hydrogen) atoms. The van der Waals surface area contributed by atoms with Crippen molar-refractivity contribution in [1.29, 1.82) is 0 Å². The first-order chi connectivity index (χ1) is 8.66. The first-order valence-electron chi connectivity index (χ1n) is 5.47. The molecule has 0 spiro atoms. The van der Waals surface area contributed by atoms with Crippen LogP contribution < -0.4 is 5.32 Å². The van der Waals surface area contributed by atoms with Crippen LogP contribution in [0.4, 0.5) is 0 Å². The van der Waals surface area contributed by atoms with Gasteiger partial charge in [-0.3, -0.25) is 4.79 Å². The van der Waals surface area contributed by atoms with Crippen LogP contribution in [0.3, 0.4) is 0 Å². The van der Waals surface area contributed by atoms with E-state index in [4.69, 9.17) is 0 Å². The van der Waals surface area contributed by atoms with E-state index in [9.17, 15) is 9.90 Å². The number of aromatic hydroxyl groups is 1. The molecule has 1 amide bonds. The van der Waals surface area contributed by atoms with E-state index in [0.29, 0.717) is 16.6 Å². The Kier molecular flexibility index (Phi) is 3.99. The normalized spacial score (nSPS) is 10.1. The summed E-state index contributed by atoms with van der Waals surface area (Å²) in [6, 6.07) is 14.4. The van der Waals surface area contributed by atoms with E-state index in [2.05, 4.69) is 21.2 Å². The van der Waals surface area contributed by atoms with Crippen LogP contribution in [0.2, 0.25) is 0 Å². The Balaban J connectivity index is 2.02. The van der Waals surface area contributed by atoms with Crippen LogP contribution in [0.5, 0.6) is 5.75 Å². The molecular formula is C14H12BrNO2. The average molecular weight is 306 g/mol. The molecule has 0 saturated heterocycles. The molecule has 0 aliphatic carbocycles. The molecule has 0 radical (unpaired) electrons. The smallest absolute Gasteiger partial charge is 0.251 e. The lowest BCUT2D eigenvalue weighted by Crippen LogP contribution is -2.22. The largest absolute Gasteiger partial charge is 0.507 e. The first kappa shape index (κ1) is 12.6. The Morgan fingerprint density at radius 1 is 1.17 bits per heavy atom. The number of amides is 1. The van der Waals surface area contributed by atoms with E-state index in [1.807, 2.05) is 30.3 Å². The molecule has 0 heterocycles. The summed E-state index contributed by atoms with van der Waals surface area (Å²) in [6.07, 6.45) is 0. The summed E-state index contributed by atoms with van der Waals surface area (Å²) in [5, 5.41) is 12.3. The minimum atomic E-state index is -0.207. The summed E-state index contributed by atoms with van der Waals surface area (Å²) in [4.78, 5) is 11.8. The summed E-state index contributed by atoms with van der Waals surface area (Å²) in [5.41, 5.74) is 1.47. The molecular weight excluding hydrogens is 294 g/mol. The van der Waals surface area contributed by atoms with Crippen LogP contribution in [0, 0.1) is 0 Å². The van der Waals surface area contributed by atoms with E-state index in [0.717, 1.165) is 5.56 Å². The fourth-order valence-corrected chi connectivity index (χ4v) is 1.78. The van der Waals surface area contributed by atoms with Gasteiger partial charge in [-0.05, 0) is 39.7 Å². The Hall–Kier alpha value is -1.81. The maximum Gasteiger partial charge on any atom is 0.251 e. The molecule has 0 atom stereocenters. The molecule has 0 aromatic heterocycles. The molecule has 0 bridgehead atoms. The maximum absolute atomic E-state index is 11.8. The number of hydrogen-bond acceptors (Lipinski definition) is 2. The van der Waals surface area contributed by atoms with Crippen molar-refractivity contribution in [1.82, 2.24) is 5.32 Å². The standard InChI is InChI=1S/C14H12BrNO2/c15-12-7-6-11(8-13(12)17)14(18)16-9-10-4-2-1-3-5-10/h1-8,17H,9H2,(H,16,18). The molecule has 0 unspecified atom stereocenters. The molecule has 92 valence electrons. The molecule has 0 aliphatic rings. The highest BCUT2D eigenvalue weighted by molar-refractivity contribution is 9.10. The van der Waals surface area contributed by atoms with Gasteiger partial charge in [0.1, 0.15) is 5.75 Å². The Morgan fingerprint density at radius 2 is 1.89 bits per heavy atom. The van der Waals surface area contributed by atoms with Gasteiger partial charge in [0.05, 0.1) is 4.47 Å². The topological polar surface area (TPSA) is 49.3 Å².